The Morgan fingerprint density at radius 3 is 2.16 bits per heavy atom. The number of benzene rings is 1. The molecule has 2 aromatic rings. The lowest BCUT2D eigenvalue weighted by atomic mass is 10.0. The molecule has 0 fully saturated rings. The van der Waals surface area contributed by atoms with E-state index < -0.39 is 9.05 Å². The van der Waals surface area contributed by atoms with Gasteiger partial charge in [0.05, 0.1) is 0 Å². The van der Waals surface area contributed by atoms with Crippen molar-refractivity contribution in [2.75, 3.05) is 0 Å². The van der Waals surface area contributed by atoms with E-state index in [4.69, 9.17) is 10.7 Å². The van der Waals surface area contributed by atoms with Crippen molar-refractivity contribution in [2.24, 2.45) is 7.05 Å². The fourth-order valence-corrected chi connectivity index (χ4v) is 2.75. The van der Waals surface area contributed by atoms with E-state index in [-0.39, 0.29) is 5.16 Å². The molecule has 1 heterocycles. The van der Waals surface area contributed by atoms with Crippen LogP contribution in [0.25, 0.3) is 11.4 Å². The standard InChI is InChI=1S/C12H14ClN3O2S/c1-8(2)9-4-6-10(7-5-9)11-14-15-12(16(11)3)19(13,17)18/h4-8H,1-3H3. The Morgan fingerprint density at radius 2 is 1.74 bits per heavy atom. The molecule has 0 radical (unpaired) electrons. The smallest absolute Gasteiger partial charge is 0.296 e. The van der Waals surface area contributed by atoms with Crippen molar-refractivity contribution in [3.05, 3.63) is 29.8 Å². The second kappa shape index (κ2) is 4.94. The van der Waals surface area contributed by atoms with Gasteiger partial charge in [-0.2, -0.15) is 0 Å². The van der Waals surface area contributed by atoms with E-state index in [2.05, 4.69) is 24.0 Å². The van der Waals surface area contributed by atoms with Crippen LogP contribution >= 0.6 is 10.7 Å². The van der Waals surface area contributed by atoms with Gasteiger partial charge in [-0.3, -0.25) is 4.57 Å². The first kappa shape index (κ1) is 14.0. The predicted molar refractivity (Wildman–Crippen MR) is 73.6 cm³/mol. The minimum absolute atomic E-state index is 0.253. The van der Waals surface area contributed by atoms with E-state index >= 15 is 0 Å². The monoisotopic (exact) mass is 299 g/mol. The second-order valence-electron chi connectivity index (χ2n) is 4.58. The molecule has 0 N–H and O–H groups in total. The Balaban J connectivity index is 2.46. The lowest BCUT2D eigenvalue weighted by Gasteiger charge is -2.06. The molecule has 5 nitrogen and oxygen atoms in total. The van der Waals surface area contributed by atoms with Crippen LogP contribution in [0.3, 0.4) is 0 Å². The van der Waals surface area contributed by atoms with Crippen molar-refractivity contribution >= 4 is 19.7 Å². The SMILES string of the molecule is CC(C)c1ccc(-c2nnc(S(=O)(=O)Cl)n2C)cc1. The summed E-state index contributed by atoms with van der Waals surface area (Å²) in [5.74, 6) is 0.904. The molecule has 102 valence electrons. The zero-order chi connectivity index (χ0) is 14.2. The third-order valence-corrected chi connectivity index (χ3v) is 4.09. The molecular formula is C12H14ClN3O2S. The maximum absolute atomic E-state index is 11.3. The molecule has 0 spiro atoms. The molecule has 1 aromatic carbocycles. The third-order valence-electron chi connectivity index (χ3n) is 2.89. The van der Waals surface area contributed by atoms with Crippen molar-refractivity contribution in [2.45, 2.75) is 24.9 Å². The van der Waals surface area contributed by atoms with Crippen molar-refractivity contribution in [1.82, 2.24) is 14.8 Å². The molecule has 2 rings (SSSR count). The van der Waals surface area contributed by atoms with Gasteiger partial charge in [-0.15, -0.1) is 10.2 Å². The molecule has 0 saturated carbocycles. The maximum Gasteiger partial charge on any atom is 0.296 e. The zero-order valence-corrected chi connectivity index (χ0v) is 12.4. The molecule has 1 aromatic heterocycles. The Hall–Kier alpha value is -1.40. The quantitative estimate of drug-likeness (QED) is 0.817. The van der Waals surface area contributed by atoms with Gasteiger partial charge in [-0.25, -0.2) is 8.42 Å². The first-order valence-electron chi connectivity index (χ1n) is 5.75. The normalized spacial score (nSPS) is 12.1. The van der Waals surface area contributed by atoms with E-state index in [9.17, 15) is 8.42 Å². The number of rotatable bonds is 3. The number of halogens is 1. The molecule has 0 amide bonds. The van der Waals surface area contributed by atoms with Gasteiger partial charge in [-0.1, -0.05) is 38.1 Å². The van der Waals surface area contributed by atoms with Crippen LogP contribution in [0.4, 0.5) is 0 Å². The number of hydrogen-bond donors (Lipinski definition) is 0. The van der Waals surface area contributed by atoms with E-state index in [1.165, 1.54) is 10.1 Å². The van der Waals surface area contributed by atoms with Gasteiger partial charge in [0.15, 0.2) is 5.82 Å². The molecule has 0 atom stereocenters. The van der Waals surface area contributed by atoms with E-state index in [0.29, 0.717) is 11.7 Å². The average Bonchev–Trinajstić information content (AvgIpc) is 2.71. The zero-order valence-electron chi connectivity index (χ0n) is 10.8. The summed E-state index contributed by atoms with van der Waals surface area (Å²) in [5.41, 5.74) is 2.00. The summed E-state index contributed by atoms with van der Waals surface area (Å²) in [6.07, 6.45) is 0. The van der Waals surface area contributed by atoms with Crippen LogP contribution in [-0.2, 0) is 16.1 Å². The van der Waals surface area contributed by atoms with Gasteiger partial charge in [0, 0.05) is 23.3 Å². The minimum atomic E-state index is -3.88. The molecule has 0 unspecified atom stereocenters. The number of hydrogen-bond acceptors (Lipinski definition) is 4. The van der Waals surface area contributed by atoms with Crippen molar-refractivity contribution in [3.63, 3.8) is 0 Å². The summed E-state index contributed by atoms with van der Waals surface area (Å²) >= 11 is 0. The van der Waals surface area contributed by atoms with Gasteiger partial charge in [-0.05, 0) is 11.5 Å². The predicted octanol–water partition coefficient (Wildman–Crippen LogP) is 2.53. The van der Waals surface area contributed by atoms with Crippen LogP contribution in [0.1, 0.15) is 25.3 Å². The largest absolute Gasteiger partial charge is 0.300 e. The summed E-state index contributed by atoms with van der Waals surface area (Å²) in [4.78, 5) is 0. The molecule has 19 heavy (non-hydrogen) atoms. The highest BCUT2D eigenvalue weighted by Gasteiger charge is 2.20. The molecule has 7 heteroatoms. The molecular weight excluding hydrogens is 286 g/mol. The van der Waals surface area contributed by atoms with Crippen molar-refractivity contribution in [1.29, 1.82) is 0 Å². The highest BCUT2D eigenvalue weighted by molar-refractivity contribution is 8.13. The first-order valence-corrected chi connectivity index (χ1v) is 8.06. The third kappa shape index (κ3) is 2.79. The highest BCUT2D eigenvalue weighted by Crippen LogP contribution is 2.23. The van der Waals surface area contributed by atoms with Crippen molar-refractivity contribution < 1.29 is 8.42 Å². The fourth-order valence-electron chi connectivity index (χ4n) is 1.80. The summed E-state index contributed by atoms with van der Waals surface area (Å²) < 4.78 is 23.9. The van der Waals surface area contributed by atoms with E-state index in [0.717, 1.165) is 5.56 Å². The van der Waals surface area contributed by atoms with Gasteiger partial charge >= 0.3 is 0 Å². The minimum Gasteiger partial charge on any atom is -0.300 e. The van der Waals surface area contributed by atoms with Gasteiger partial charge in [0.25, 0.3) is 14.2 Å². The van der Waals surface area contributed by atoms with Gasteiger partial charge in [0.2, 0.25) is 0 Å². The Morgan fingerprint density at radius 1 is 1.16 bits per heavy atom. The first-order chi connectivity index (χ1) is 8.80. The maximum atomic E-state index is 11.3. The average molecular weight is 300 g/mol. The lowest BCUT2D eigenvalue weighted by molar-refractivity contribution is 0.593. The van der Waals surface area contributed by atoms with E-state index in [1.807, 2.05) is 24.3 Å². The van der Waals surface area contributed by atoms with Crippen LogP contribution in [0.5, 0.6) is 0 Å². The number of aromatic nitrogens is 3. The van der Waals surface area contributed by atoms with Gasteiger partial charge in [0.1, 0.15) is 0 Å². The van der Waals surface area contributed by atoms with Crippen molar-refractivity contribution in [3.8, 4) is 11.4 Å². The Kier molecular flexibility index (Phi) is 3.64. The highest BCUT2D eigenvalue weighted by atomic mass is 35.7. The molecule has 0 aliphatic heterocycles. The Labute approximate surface area is 116 Å². The van der Waals surface area contributed by atoms with Crippen LogP contribution in [-0.4, -0.2) is 23.2 Å². The summed E-state index contributed by atoms with van der Waals surface area (Å²) in [6, 6.07) is 7.76. The Bertz CT molecular complexity index is 690. The molecule has 0 aliphatic rings. The fraction of sp³-hybridized carbons (Fsp3) is 0.333. The molecule has 0 aliphatic carbocycles. The molecule has 0 saturated heterocycles. The summed E-state index contributed by atoms with van der Waals surface area (Å²) in [6.45, 7) is 4.21. The number of nitrogens with zero attached hydrogens (tertiary/aromatic N) is 3. The topological polar surface area (TPSA) is 64.8 Å². The summed E-state index contributed by atoms with van der Waals surface area (Å²) in [7, 11) is 2.97. The molecule has 0 bridgehead atoms. The van der Waals surface area contributed by atoms with Crippen LogP contribution in [0.15, 0.2) is 29.4 Å². The lowest BCUT2D eigenvalue weighted by Crippen LogP contribution is -2.02. The van der Waals surface area contributed by atoms with Crippen LogP contribution < -0.4 is 0 Å². The van der Waals surface area contributed by atoms with Crippen LogP contribution in [0.2, 0.25) is 0 Å². The van der Waals surface area contributed by atoms with Gasteiger partial charge < -0.3 is 0 Å². The second-order valence-corrected chi connectivity index (χ2v) is 7.04. The van der Waals surface area contributed by atoms with Crippen LogP contribution in [0, 0.1) is 0 Å². The summed E-state index contributed by atoms with van der Waals surface area (Å²) in [5, 5.41) is 7.24. The van der Waals surface area contributed by atoms with E-state index in [1.54, 1.807) is 7.05 Å².